The average Bonchev–Trinajstić information content (AvgIpc) is 2.97. The van der Waals surface area contributed by atoms with Gasteiger partial charge in [-0.1, -0.05) is 18.2 Å². The summed E-state index contributed by atoms with van der Waals surface area (Å²) < 4.78 is 19.2. The Morgan fingerprint density at radius 2 is 1.90 bits per heavy atom. The minimum Gasteiger partial charge on any atom is -0.455 e. The third kappa shape index (κ3) is 3.14. The van der Waals surface area contributed by atoms with E-state index in [1.807, 2.05) is 12.1 Å². The fourth-order valence-electron chi connectivity index (χ4n) is 1.82. The quantitative estimate of drug-likeness (QED) is 0.582. The number of hydrogen-bond donors (Lipinski definition) is 1. The van der Waals surface area contributed by atoms with Gasteiger partial charge in [-0.2, -0.15) is 5.10 Å². The molecule has 0 spiro atoms. The first-order chi connectivity index (χ1) is 10.3. The second-order valence-electron chi connectivity index (χ2n) is 4.27. The molecule has 0 saturated carbocycles. The number of aromatic nitrogens is 1. The molecule has 0 aliphatic rings. The maximum atomic E-state index is 13.6. The van der Waals surface area contributed by atoms with E-state index in [9.17, 15) is 4.39 Å². The average molecular weight is 281 g/mol. The third-order valence-corrected chi connectivity index (χ3v) is 2.80. The van der Waals surface area contributed by atoms with Crippen molar-refractivity contribution in [3.05, 3.63) is 72.4 Å². The lowest BCUT2D eigenvalue weighted by Gasteiger charge is -1.98. The minimum absolute atomic E-state index is 0.318. The van der Waals surface area contributed by atoms with Gasteiger partial charge in [0.15, 0.2) is 0 Å². The van der Waals surface area contributed by atoms with Crippen LogP contribution < -0.4 is 5.43 Å². The van der Waals surface area contributed by atoms with Gasteiger partial charge in [-0.15, -0.1) is 0 Å². The van der Waals surface area contributed by atoms with E-state index in [4.69, 9.17) is 4.42 Å². The van der Waals surface area contributed by atoms with Crippen LogP contribution in [-0.2, 0) is 0 Å². The molecular formula is C16H12FN3O. The van der Waals surface area contributed by atoms with E-state index in [2.05, 4.69) is 15.5 Å². The number of hydrogen-bond acceptors (Lipinski definition) is 4. The van der Waals surface area contributed by atoms with Crippen LogP contribution in [0.5, 0.6) is 0 Å². The Morgan fingerprint density at radius 1 is 1.05 bits per heavy atom. The van der Waals surface area contributed by atoms with E-state index in [-0.39, 0.29) is 5.82 Å². The third-order valence-electron chi connectivity index (χ3n) is 2.80. The van der Waals surface area contributed by atoms with Crippen LogP contribution >= 0.6 is 0 Å². The van der Waals surface area contributed by atoms with Gasteiger partial charge in [0.25, 0.3) is 0 Å². The van der Waals surface area contributed by atoms with Crippen LogP contribution in [0.2, 0.25) is 0 Å². The molecular weight excluding hydrogens is 269 g/mol. The van der Waals surface area contributed by atoms with E-state index < -0.39 is 0 Å². The van der Waals surface area contributed by atoms with Crippen molar-refractivity contribution in [3.63, 3.8) is 0 Å². The summed E-state index contributed by atoms with van der Waals surface area (Å²) in [4.78, 5) is 4.07. The molecule has 3 aromatic rings. The van der Waals surface area contributed by atoms with Crippen molar-refractivity contribution >= 4 is 12.0 Å². The number of pyridine rings is 1. The van der Waals surface area contributed by atoms with Crippen molar-refractivity contribution in [2.45, 2.75) is 0 Å². The first kappa shape index (κ1) is 13.1. The van der Waals surface area contributed by atoms with Crippen molar-refractivity contribution in [1.29, 1.82) is 0 Å². The molecule has 2 aromatic heterocycles. The van der Waals surface area contributed by atoms with Crippen molar-refractivity contribution < 1.29 is 8.81 Å². The Balaban J connectivity index is 1.72. The van der Waals surface area contributed by atoms with Crippen LogP contribution in [0.15, 0.2) is 70.3 Å². The summed E-state index contributed by atoms with van der Waals surface area (Å²) in [5.74, 6) is 1.31. The van der Waals surface area contributed by atoms with Gasteiger partial charge in [-0.3, -0.25) is 5.43 Å². The number of benzene rings is 1. The highest BCUT2D eigenvalue weighted by Crippen LogP contribution is 2.24. The Hall–Kier alpha value is -2.95. The molecule has 5 heteroatoms. The first-order valence-electron chi connectivity index (χ1n) is 6.38. The Bertz CT molecular complexity index is 753. The molecule has 104 valence electrons. The highest BCUT2D eigenvalue weighted by molar-refractivity contribution is 5.78. The van der Waals surface area contributed by atoms with Gasteiger partial charge in [0.05, 0.1) is 11.8 Å². The maximum absolute atomic E-state index is 13.6. The topological polar surface area (TPSA) is 50.4 Å². The molecule has 1 aromatic carbocycles. The minimum atomic E-state index is -0.318. The van der Waals surface area contributed by atoms with Gasteiger partial charge >= 0.3 is 0 Å². The number of rotatable bonds is 4. The van der Waals surface area contributed by atoms with E-state index in [0.717, 1.165) is 0 Å². The number of hydrazone groups is 1. The monoisotopic (exact) mass is 281 g/mol. The molecule has 0 aliphatic carbocycles. The Labute approximate surface area is 121 Å². The normalized spacial score (nSPS) is 10.9. The SMILES string of the molecule is Fc1ccccc1-c1ccc(/C=N\Nc2ccccn2)o1. The standard InChI is InChI=1S/C16H12FN3O/c17-14-6-2-1-5-13(14)15-9-8-12(21-15)11-19-20-16-7-3-4-10-18-16/h1-11H,(H,18,20)/b19-11-. The van der Waals surface area contributed by atoms with E-state index >= 15 is 0 Å². The van der Waals surface area contributed by atoms with Crippen LogP contribution in [0, 0.1) is 5.82 Å². The lowest BCUT2D eigenvalue weighted by Crippen LogP contribution is -1.91. The zero-order valence-electron chi connectivity index (χ0n) is 11.0. The second kappa shape index (κ2) is 6.00. The van der Waals surface area contributed by atoms with Crippen molar-refractivity contribution in [3.8, 4) is 11.3 Å². The maximum Gasteiger partial charge on any atom is 0.147 e. The van der Waals surface area contributed by atoms with Gasteiger partial charge < -0.3 is 4.42 Å². The molecule has 2 heterocycles. The van der Waals surface area contributed by atoms with Gasteiger partial charge in [0, 0.05) is 6.20 Å². The molecule has 0 atom stereocenters. The van der Waals surface area contributed by atoms with Crippen LogP contribution in [0.3, 0.4) is 0 Å². The van der Waals surface area contributed by atoms with E-state index in [1.165, 1.54) is 12.3 Å². The van der Waals surface area contributed by atoms with Crippen molar-refractivity contribution in [2.75, 3.05) is 5.43 Å². The van der Waals surface area contributed by atoms with Gasteiger partial charge in [-0.05, 0) is 36.4 Å². The van der Waals surface area contributed by atoms with Crippen LogP contribution in [0.4, 0.5) is 10.2 Å². The summed E-state index contributed by atoms with van der Waals surface area (Å²) in [6.45, 7) is 0. The second-order valence-corrected chi connectivity index (χ2v) is 4.27. The zero-order chi connectivity index (χ0) is 14.5. The lowest BCUT2D eigenvalue weighted by atomic mass is 10.1. The van der Waals surface area contributed by atoms with Crippen LogP contribution in [0.1, 0.15) is 5.76 Å². The summed E-state index contributed by atoms with van der Waals surface area (Å²) >= 11 is 0. The molecule has 21 heavy (non-hydrogen) atoms. The van der Waals surface area contributed by atoms with Gasteiger partial charge in [-0.25, -0.2) is 9.37 Å². The summed E-state index contributed by atoms with van der Waals surface area (Å²) in [6, 6.07) is 15.4. The van der Waals surface area contributed by atoms with E-state index in [1.54, 1.807) is 42.6 Å². The zero-order valence-corrected chi connectivity index (χ0v) is 11.0. The molecule has 3 rings (SSSR count). The van der Waals surface area contributed by atoms with Crippen molar-refractivity contribution in [1.82, 2.24) is 4.98 Å². The fourth-order valence-corrected chi connectivity index (χ4v) is 1.82. The Kier molecular flexibility index (Phi) is 3.73. The fraction of sp³-hybridized carbons (Fsp3) is 0. The largest absolute Gasteiger partial charge is 0.455 e. The van der Waals surface area contributed by atoms with Gasteiger partial charge in [0.2, 0.25) is 0 Å². The number of furan rings is 1. The molecule has 0 amide bonds. The van der Waals surface area contributed by atoms with Crippen LogP contribution in [-0.4, -0.2) is 11.2 Å². The van der Waals surface area contributed by atoms with Crippen LogP contribution in [0.25, 0.3) is 11.3 Å². The molecule has 0 unspecified atom stereocenters. The smallest absolute Gasteiger partial charge is 0.147 e. The first-order valence-corrected chi connectivity index (χ1v) is 6.38. The summed E-state index contributed by atoms with van der Waals surface area (Å²) in [5.41, 5.74) is 3.20. The number of halogens is 1. The highest BCUT2D eigenvalue weighted by atomic mass is 19.1. The van der Waals surface area contributed by atoms with Crippen molar-refractivity contribution in [2.24, 2.45) is 5.10 Å². The number of anilines is 1. The number of nitrogens with one attached hydrogen (secondary N) is 1. The van der Waals surface area contributed by atoms with Gasteiger partial charge in [0.1, 0.15) is 23.2 Å². The predicted octanol–water partition coefficient (Wildman–Crippen LogP) is 3.93. The molecule has 1 N–H and O–H groups in total. The summed E-state index contributed by atoms with van der Waals surface area (Å²) in [7, 11) is 0. The summed E-state index contributed by atoms with van der Waals surface area (Å²) in [6.07, 6.45) is 3.18. The lowest BCUT2D eigenvalue weighted by molar-refractivity contribution is 0.563. The Morgan fingerprint density at radius 3 is 2.71 bits per heavy atom. The highest BCUT2D eigenvalue weighted by Gasteiger charge is 2.07. The molecule has 0 saturated heterocycles. The molecule has 0 aliphatic heterocycles. The molecule has 0 radical (unpaired) electrons. The molecule has 4 nitrogen and oxygen atoms in total. The molecule has 0 fully saturated rings. The molecule has 0 bridgehead atoms. The summed E-state index contributed by atoms with van der Waals surface area (Å²) in [5, 5.41) is 4.02. The van der Waals surface area contributed by atoms with E-state index in [0.29, 0.717) is 22.9 Å². The predicted molar refractivity (Wildman–Crippen MR) is 79.6 cm³/mol. The number of nitrogens with zero attached hydrogens (tertiary/aromatic N) is 2.